The Morgan fingerprint density at radius 2 is 1.27 bits per heavy atom. The average Bonchev–Trinajstić information content (AvgIpc) is 2.55. The molecule has 0 saturated heterocycles. The number of rotatable bonds is 4. The van der Waals surface area contributed by atoms with Crippen LogP contribution < -0.4 is 5.73 Å². The molecule has 0 radical (unpaired) electrons. The topological polar surface area (TPSA) is 167 Å². The number of aromatic carboxylic acids is 1. The number of non-ortho nitro benzene ring substituents is 2. The lowest BCUT2D eigenvalue weighted by molar-refractivity contribution is -0.385. The van der Waals surface area contributed by atoms with Gasteiger partial charge in [-0.15, -0.1) is 0 Å². The first-order valence-corrected chi connectivity index (χ1v) is 7.21. The van der Waals surface area contributed by atoms with E-state index in [-0.39, 0.29) is 32.5 Å². The Morgan fingerprint density at radius 3 is 1.62 bits per heavy atom. The van der Waals surface area contributed by atoms with Gasteiger partial charge >= 0.3 is 5.97 Å². The number of nitrogens with two attached hydrogens (primary N) is 1. The zero-order valence-corrected chi connectivity index (χ0v) is 14.1. The van der Waals surface area contributed by atoms with Crippen LogP contribution in [0.1, 0.15) is 20.7 Å². The predicted octanol–water partition coefficient (Wildman–Crippen LogP) is 3.29. The van der Waals surface area contributed by atoms with E-state index >= 15 is 0 Å². The summed E-state index contributed by atoms with van der Waals surface area (Å²) >= 11 is 11.1. The van der Waals surface area contributed by atoms with Gasteiger partial charge in [-0.25, -0.2) is 4.79 Å². The monoisotopic (exact) mass is 401 g/mol. The van der Waals surface area contributed by atoms with Crippen LogP contribution in [-0.4, -0.2) is 26.8 Å². The molecule has 2 rings (SSSR count). The summed E-state index contributed by atoms with van der Waals surface area (Å²) in [5.74, 6) is -2.07. The zero-order chi connectivity index (χ0) is 20.0. The average molecular weight is 402 g/mol. The molecule has 0 aliphatic heterocycles. The van der Waals surface area contributed by atoms with Gasteiger partial charge in [0.25, 0.3) is 11.4 Å². The fourth-order valence-electron chi connectivity index (χ4n) is 1.61. The van der Waals surface area contributed by atoms with Crippen molar-refractivity contribution in [3.8, 4) is 0 Å². The predicted molar refractivity (Wildman–Crippen MR) is 91.7 cm³/mol. The molecular formula is C14H9Cl2N3O7. The van der Waals surface area contributed by atoms with Gasteiger partial charge in [0, 0.05) is 24.3 Å². The van der Waals surface area contributed by atoms with Crippen LogP contribution >= 0.6 is 23.2 Å². The summed E-state index contributed by atoms with van der Waals surface area (Å²) < 4.78 is 0. The van der Waals surface area contributed by atoms with Crippen LogP contribution in [0.2, 0.25) is 10.0 Å². The van der Waals surface area contributed by atoms with Gasteiger partial charge in [-0.05, 0) is 12.1 Å². The van der Waals surface area contributed by atoms with Gasteiger partial charge in [-0.1, -0.05) is 23.2 Å². The molecular weight excluding hydrogens is 393 g/mol. The third kappa shape index (κ3) is 5.40. The summed E-state index contributed by atoms with van der Waals surface area (Å²) in [6.45, 7) is 0. The molecule has 10 nitrogen and oxygen atoms in total. The van der Waals surface area contributed by atoms with Crippen molar-refractivity contribution in [3.05, 3.63) is 77.8 Å². The molecule has 1 amide bonds. The SMILES string of the molecule is NC(=O)c1cc([N+](=O)[O-])ccc1Cl.O=C(O)c1cc([N+](=O)[O-])ccc1Cl. The van der Waals surface area contributed by atoms with E-state index in [9.17, 15) is 29.8 Å². The summed E-state index contributed by atoms with van der Waals surface area (Å²) in [6, 6.07) is 6.77. The van der Waals surface area contributed by atoms with Crippen molar-refractivity contribution in [3.63, 3.8) is 0 Å². The number of carboxylic acid groups (broad SMARTS) is 1. The number of primary amides is 1. The number of amides is 1. The Morgan fingerprint density at radius 1 is 0.885 bits per heavy atom. The van der Waals surface area contributed by atoms with Crippen molar-refractivity contribution in [2.45, 2.75) is 0 Å². The van der Waals surface area contributed by atoms with Crippen molar-refractivity contribution in [2.75, 3.05) is 0 Å². The number of nitrogens with zero attached hydrogens (tertiary/aromatic N) is 2. The van der Waals surface area contributed by atoms with E-state index in [4.69, 9.17) is 34.0 Å². The van der Waals surface area contributed by atoms with Gasteiger partial charge in [0.05, 0.1) is 31.0 Å². The van der Waals surface area contributed by atoms with E-state index in [1.54, 1.807) is 0 Å². The highest BCUT2D eigenvalue weighted by Gasteiger charge is 2.14. The zero-order valence-electron chi connectivity index (χ0n) is 12.6. The molecule has 0 unspecified atom stereocenters. The Kier molecular flexibility index (Phi) is 6.99. The summed E-state index contributed by atoms with van der Waals surface area (Å²) in [4.78, 5) is 40.5. The van der Waals surface area contributed by atoms with Crippen LogP contribution in [0.4, 0.5) is 11.4 Å². The largest absolute Gasteiger partial charge is 0.478 e. The van der Waals surface area contributed by atoms with E-state index in [0.29, 0.717) is 0 Å². The summed E-state index contributed by atoms with van der Waals surface area (Å²) in [5, 5.41) is 29.2. The van der Waals surface area contributed by atoms with Gasteiger partial charge < -0.3 is 10.8 Å². The highest BCUT2D eigenvalue weighted by molar-refractivity contribution is 6.34. The second-order valence-corrected chi connectivity index (χ2v) is 5.33. The third-order valence-corrected chi connectivity index (χ3v) is 3.48. The second-order valence-electron chi connectivity index (χ2n) is 4.51. The van der Waals surface area contributed by atoms with Crippen LogP contribution in [0.15, 0.2) is 36.4 Å². The summed E-state index contributed by atoms with van der Waals surface area (Å²) in [7, 11) is 0. The van der Waals surface area contributed by atoms with E-state index in [2.05, 4.69) is 0 Å². The van der Waals surface area contributed by atoms with Crippen molar-refractivity contribution in [1.82, 2.24) is 0 Å². The molecule has 12 heteroatoms. The Labute approximate surface area is 155 Å². The number of carbonyl (C=O) groups is 2. The van der Waals surface area contributed by atoms with Crippen LogP contribution in [0.3, 0.4) is 0 Å². The molecule has 0 aliphatic rings. The van der Waals surface area contributed by atoms with Crippen LogP contribution in [0.5, 0.6) is 0 Å². The first-order chi connectivity index (χ1) is 12.0. The third-order valence-electron chi connectivity index (χ3n) is 2.82. The maximum atomic E-state index is 10.7. The number of nitro groups is 2. The molecule has 2 aromatic rings. The van der Waals surface area contributed by atoms with Crippen LogP contribution in [-0.2, 0) is 0 Å². The molecule has 0 spiro atoms. The minimum Gasteiger partial charge on any atom is -0.478 e. The van der Waals surface area contributed by atoms with Gasteiger partial charge in [0.15, 0.2) is 0 Å². The van der Waals surface area contributed by atoms with Crippen LogP contribution in [0.25, 0.3) is 0 Å². The normalized spacial score (nSPS) is 9.62. The van der Waals surface area contributed by atoms with Gasteiger partial charge in [0.2, 0.25) is 5.91 Å². The fourth-order valence-corrected chi connectivity index (χ4v) is 2.02. The molecule has 0 aromatic heterocycles. The van der Waals surface area contributed by atoms with E-state index < -0.39 is 21.7 Å². The molecule has 0 bridgehead atoms. The number of benzene rings is 2. The Balaban J connectivity index is 0.000000260. The second kappa shape index (κ2) is 8.74. The van der Waals surface area contributed by atoms with Gasteiger partial charge in [0.1, 0.15) is 0 Å². The highest BCUT2D eigenvalue weighted by Crippen LogP contribution is 2.22. The smallest absolute Gasteiger partial charge is 0.337 e. The number of hydrogen-bond acceptors (Lipinski definition) is 6. The minimum atomic E-state index is -1.28. The molecule has 26 heavy (non-hydrogen) atoms. The molecule has 0 atom stereocenters. The summed E-state index contributed by atoms with van der Waals surface area (Å²) in [5.41, 5.74) is 4.12. The van der Waals surface area contributed by atoms with Gasteiger partial charge in [-0.2, -0.15) is 0 Å². The van der Waals surface area contributed by atoms with E-state index in [1.165, 1.54) is 18.2 Å². The van der Waals surface area contributed by atoms with Gasteiger partial charge in [-0.3, -0.25) is 25.0 Å². The standard InChI is InChI=1S/C7H5ClN2O3.C7H4ClNO4/c8-6-2-1-4(10(12)13)3-5(6)7(9)11;8-6-2-1-4(9(12)13)3-5(6)7(10)11/h1-3H,(H2,9,11);1-3H,(H,10,11). The number of carbonyl (C=O) groups excluding carboxylic acids is 1. The maximum Gasteiger partial charge on any atom is 0.337 e. The first kappa shape index (κ1) is 20.8. The molecule has 0 fully saturated rings. The minimum absolute atomic E-state index is 0.0156. The lowest BCUT2D eigenvalue weighted by Gasteiger charge is -1.98. The Bertz CT molecular complexity index is 829. The van der Waals surface area contributed by atoms with E-state index in [1.807, 2.05) is 0 Å². The van der Waals surface area contributed by atoms with Crippen molar-refractivity contribution >= 4 is 46.5 Å². The fraction of sp³-hybridized carbons (Fsp3) is 0. The summed E-state index contributed by atoms with van der Waals surface area (Å²) in [6.07, 6.45) is 0. The lowest BCUT2D eigenvalue weighted by Crippen LogP contribution is -2.11. The lowest BCUT2D eigenvalue weighted by atomic mass is 10.2. The number of hydrogen-bond donors (Lipinski definition) is 2. The maximum absolute atomic E-state index is 10.7. The molecule has 0 aliphatic carbocycles. The van der Waals surface area contributed by atoms with Crippen molar-refractivity contribution < 1.29 is 24.5 Å². The number of halogens is 2. The molecule has 0 saturated carbocycles. The Hall–Kier alpha value is -3.24. The number of nitro benzene ring substituents is 2. The van der Waals surface area contributed by atoms with Crippen molar-refractivity contribution in [2.24, 2.45) is 5.73 Å². The van der Waals surface area contributed by atoms with Crippen molar-refractivity contribution in [1.29, 1.82) is 0 Å². The molecule has 2 aromatic carbocycles. The highest BCUT2D eigenvalue weighted by atomic mass is 35.5. The molecule has 0 heterocycles. The molecule has 3 N–H and O–H groups in total. The van der Waals surface area contributed by atoms with E-state index in [0.717, 1.165) is 18.2 Å². The van der Waals surface area contributed by atoms with Crippen LogP contribution in [0, 0.1) is 20.2 Å². The quantitative estimate of drug-likeness (QED) is 0.584. The molecule has 136 valence electrons. The first-order valence-electron chi connectivity index (χ1n) is 6.45. The number of carboxylic acids is 1.